The Morgan fingerprint density at radius 2 is 1.94 bits per heavy atom. The van der Waals surface area contributed by atoms with Crippen molar-refractivity contribution < 1.29 is 4.74 Å². The van der Waals surface area contributed by atoms with Gasteiger partial charge in [-0.15, -0.1) is 11.3 Å². The Bertz CT molecular complexity index is 1400. The second-order valence-corrected chi connectivity index (χ2v) is 9.71. The highest BCUT2D eigenvalue weighted by molar-refractivity contribution is 7.98. The first-order chi connectivity index (χ1) is 15.7. The Morgan fingerprint density at radius 1 is 1.16 bits per heavy atom. The van der Waals surface area contributed by atoms with Gasteiger partial charge in [0.15, 0.2) is 5.16 Å². The molecule has 0 saturated carbocycles. The smallest absolute Gasteiger partial charge is 0.267 e. The fourth-order valence-electron chi connectivity index (χ4n) is 4.14. The fraction of sp³-hybridized carbons (Fsp3) is 0.240. The average molecular weight is 460 g/mol. The van der Waals surface area contributed by atoms with E-state index in [1.807, 2.05) is 48.5 Å². The Hall–Kier alpha value is -3.08. The zero-order valence-electron chi connectivity index (χ0n) is 17.6. The van der Waals surface area contributed by atoms with Crippen LogP contribution in [-0.2, 0) is 18.6 Å². The van der Waals surface area contributed by atoms with Gasteiger partial charge in [0.25, 0.3) is 5.56 Å². The molecule has 0 spiro atoms. The van der Waals surface area contributed by atoms with Crippen molar-refractivity contribution in [3.05, 3.63) is 80.5 Å². The number of rotatable bonds is 5. The minimum atomic E-state index is -0.0179. The maximum atomic E-state index is 13.8. The molecule has 2 aromatic heterocycles. The maximum Gasteiger partial charge on any atom is 0.267 e. The van der Waals surface area contributed by atoms with Gasteiger partial charge in [0.2, 0.25) is 0 Å². The average Bonchev–Trinajstić information content (AvgIpc) is 3.22. The second-order valence-electron chi connectivity index (χ2n) is 7.68. The third-order valence-electron chi connectivity index (χ3n) is 5.78. The molecule has 7 heteroatoms. The molecule has 160 valence electrons. The van der Waals surface area contributed by atoms with Crippen LogP contribution in [0, 0.1) is 11.3 Å². The van der Waals surface area contributed by atoms with Crippen molar-refractivity contribution in [2.75, 3.05) is 7.11 Å². The molecule has 0 radical (unpaired) electrons. The van der Waals surface area contributed by atoms with Crippen molar-refractivity contribution in [2.24, 2.45) is 0 Å². The first-order valence-corrected chi connectivity index (χ1v) is 12.3. The standard InChI is InChI=1S/C25H21N3O2S2/c1-30-19-12-10-18(11-13-19)28-24(29)22-20-8-4-5-9-21(20)32-23(22)27-25(28)31-15-17-7-3-2-6-16(17)14-26/h2-3,6-7,10-13H,4-5,8-9,15H2,1H3. The summed E-state index contributed by atoms with van der Waals surface area (Å²) in [6.45, 7) is 0. The number of aromatic nitrogens is 2. The molecular formula is C25H21N3O2S2. The van der Waals surface area contributed by atoms with Crippen LogP contribution in [0.3, 0.4) is 0 Å². The molecule has 0 saturated heterocycles. The Kier molecular flexibility index (Phi) is 5.73. The van der Waals surface area contributed by atoms with Gasteiger partial charge in [-0.3, -0.25) is 9.36 Å². The normalized spacial score (nSPS) is 13.0. The lowest BCUT2D eigenvalue weighted by atomic mass is 9.97. The van der Waals surface area contributed by atoms with Crippen molar-refractivity contribution in [2.45, 2.75) is 36.6 Å². The number of nitrogens with zero attached hydrogens (tertiary/aromatic N) is 3. The maximum absolute atomic E-state index is 13.8. The number of fused-ring (bicyclic) bond motifs is 3. The zero-order valence-corrected chi connectivity index (χ0v) is 19.3. The first-order valence-electron chi connectivity index (χ1n) is 10.5. The number of benzene rings is 2. The van der Waals surface area contributed by atoms with Crippen LogP contribution in [0.1, 0.15) is 34.4 Å². The SMILES string of the molecule is COc1ccc(-n2c(SCc3ccccc3C#N)nc3sc4c(c3c2=O)CCCC4)cc1. The Balaban J connectivity index is 1.66. The third kappa shape index (κ3) is 3.70. The van der Waals surface area contributed by atoms with E-state index in [1.165, 1.54) is 28.6 Å². The highest BCUT2D eigenvalue weighted by Gasteiger charge is 2.23. The monoisotopic (exact) mass is 459 g/mol. The molecule has 1 aliphatic rings. The van der Waals surface area contributed by atoms with Gasteiger partial charge in [-0.2, -0.15) is 5.26 Å². The van der Waals surface area contributed by atoms with E-state index < -0.39 is 0 Å². The van der Waals surface area contributed by atoms with E-state index in [4.69, 9.17) is 9.72 Å². The summed E-state index contributed by atoms with van der Waals surface area (Å²) in [7, 11) is 1.63. The lowest BCUT2D eigenvalue weighted by Crippen LogP contribution is -2.22. The zero-order chi connectivity index (χ0) is 22.1. The van der Waals surface area contributed by atoms with Crippen molar-refractivity contribution in [3.8, 4) is 17.5 Å². The fourth-order valence-corrected chi connectivity index (χ4v) is 6.46. The number of hydrogen-bond donors (Lipinski definition) is 0. The quantitative estimate of drug-likeness (QED) is 0.291. The first kappa shape index (κ1) is 20.8. The summed E-state index contributed by atoms with van der Waals surface area (Å²) >= 11 is 3.14. The van der Waals surface area contributed by atoms with E-state index in [2.05, 4.69) is 6.07 Å². The van der Waals surface area contributed by atoms with Gasteiger partial charge in [-0.1, -0.05) is 30.0 Å². The van der Waals surface area contributed by atoms with E-state index in [-0.39, 0.29) is 5.56 Å². The summed E-state index contributed by atoms with van der Waals surface area (Å²) in [5.74, 6) is 1.30. The minimum absolute atomic E-state index is 0.0179. The van der Waals surface area contributed by atoms with Crippen molar-refractivity contribution >= 4 is 33.3 Å². The molecule has 4 aromatic rings. The van der Waals surface area contributed by atoms with Crippen LogP contribution in [0.4, 0.5) is 0 Å². The largest absolute Gasteiger partial charge is 0.497 e. The van der Waals surface area contributed by atoms with Gasteiger partial charge in [-0.25, -0.2) is 4.98 Å². The van der Waals surface area contributed by atoms with Crippen LogP contribution < -0.4 is 10.3 Å². The van der Waals surface area contributed by atoms with Crippen LogP contribution in [0.25, 0.3) is 15.9 Å². The topological polar surface area (TPSA) is 67.9 Å². The lowest BCUT2D eigenvalue weighted by Gasteiger charge is -2.14. The van der Waals surface area contributed by atoms with Crippen LogP contribution in [0.2, 0.25) is 0 Å². The minimum Gasteiger partial charge on any atom is -0.497 e. The number of thioether (sulfide) groups is 1. The molecule has 0 fully saturated rings. The summed E-state index contributed by atoms with van der Waals surface area (Å²) in [4.78, 5) is 20.9. The van der Waals surface area contributed by atoms with Gasteiger partial charge in [0.1, 0.15) is 10.6 Å². The number of aryl methyl sites for hydroxylation is 2. The molecular weight excluding hydrogens is 438 g/mol. The molecule has 2 aromatic carbocycles. The number of thiophene rings is 1. The predicted octanol–water partition coefficient (Wildman–Crippen LogP) is 5.50. The summed E-state index contributed by atoms with van der Waals surface area (Å²) in [6, 6.07) is 17.3. The van der Waals surface area contributed by atoms with Crippen LogP contribution in [0.15, 0.2) is 58.5 Å². The second kappa shape index (κ2) is 8.81. The van der Waals surface area contributed by atoms with Crippen LogP contribution in [-0.4, -0.2) is 16.7 Å². The van der Waals surface area contributed by atoms with Crippen molar-refractivity contribution in [3.63, 3.8) is 0 Å². The van der Waals surface area contributed by atoms with Crippen molar-refractivity contribution in [1.29, 1.82) is 5.26 Å². The molecule has 0 aliphatic heterocycles. The van der Waals surface area contributed by atoms with Gasteiger partial charge < -0.3 is 4.74 Å². The van der Waals surface area contributed by atoms with Crippen LogP contribution >= 0.6 is 23.1 Å². The number of ether oxygens (including phenoxy) is 1. The Morgan fingerprint density at radius 3 is 2.72 bits per heavy atom. The molecule has 0 amide bonds. The molecule has 0 N–H and O–H groups in total. The van der Waals surface area contributed by atoms with Gasteiger partial charge in [0.05, 0.1) is 29.8 Å². The van der Waals surface area contributed by atoms with E-state index in [9.17, 15) is 10.1 Å². The van der Waals surface area contributed by atoms with Gasteiger partial charge >= 0.3 is 0 Å². The van der Waals surface area contributed by atoms with Gasteiger partial charge in [-0.05, 0) is 67.1 Å². The Labute approximate surface area is 194 Å². The molecule has 5 rings (SSSR count). The highest BCUT2D eigenvalue weighted by Crippen LogP contribution is 2.36. The molecule has 32 heavy (non-hydrogen) atoms. The van der Waals surface area contributed by atoms with E-state index in [0.29, 0.717) is 16.5 Å². The lowest BCUT2D eigenvalue weighted by molar-refractivity contribution is 0.414. The van der Waals surface area contributed by atoms with Crippen molar-refractivity contribution in [1.82, 2.24) is 9.55 Å². The highest BCUT2D eigenvalue weighted by atomic mass is 32.2. The summed E-state index contributed by atoms with van der Waals surface area (Å²) in [5, 5.41) is 10.8. The van der Waals surface area contributed by atoms with E-state index >= 15 is 0 Å². The molecule has 0 unspecified atom stereocenters. The predicted molar refractivity (Wildman–Crippen MR) is 129 cm³/mol. The third-order valence-corrected chi connectivity index (χ3v) is 7.96. The number of nitriles is 1. The van der Waals surface area contributed by atoms with E-state index in [0.717, 1.165) is 46.5 Å². The summed E-state index contributed by atoms with van der Waals surface area (Å²) < 4.78 is 7.00. The van der Waals surface area contributed by atoms with Crippen LogP contribution in [0.5, 0.6) is 5.75 Å². The molecule has 2 heterocycles. The number of methoxy groups -OCH3 is 1. The number of hydrogen-bond acceptors (Lipinski definition) is 6. The summed E-state index contributed by atoms with van der Waals surface area (Å²) in [6.07, 6.45) is 4.24. The molecule has 1 aliphatic carbocycles. The van der Waals surface area contributed by atoms with E-state index in [1.54, 1.807) is 23.0 Å². The van der Waals surface area contributed by atoms with Gasteiger partial charge in [0, 0.05) is 10.6 Å². The molecule has 5 nitrogen and oxygen atoms in total. The molecule has 0 atom stereocenters. The summed E-state index contributed by atoms with van der Waals surface area (Å²) in [5.41, 5.74) is 3.50. The molecule has 0 bridgehead atoms.